The number of allylic oxidation sites excluding steroid dienone is 20. The van der Waals surface area contributed by atoms with Crippen LogP contribution in [0, 0.1) is 10.8 Å². The van der Waals surface area contributed by atoms with Gasteiger partial charge in [-0.15, -0.1) is 0 Å². The van der Waals surface area contributed by atoms with E-state index in [2.05, 4.69) is 21.3 Å². The van der Waals surface area contributed by atoms with Crippen LogP contribution in [0.5, 0.6) is 0 Å². The zero-order chi connectivity index (χ0) is 52.6. The molecular formula is C54H72N4NaO12. The molecule has 0 spiro atoms. The SMILES string of the molecule is CC(C=CC=C(C)C=CC1=C(C)C(=O)C(OC(=O)CNC(=O)NCCCC(=O)O)CC1(C)C)=CC=CC=C(C)C=CC=C(C)C=CC1=C(C)C(=O)C(OC(=O)CNC(=O)NCCCC(=O)O)CC1(C)C.[Na]. The van der Waals surface area contributed by atoms with Crippen LogP contribution in [0.2, 0.25) is 0 Å². The molecule has 0 aliphatic heterocycles. The molecule has 0 fully saturated rings. The molecule has 0 heterocycles. The molecule has 16 nitrogen and oxygen atoms in total. The van der Waals surface area contributed by atoms with Gasteiger partial charge in [-0.1, -0.05) is 135 Å². The summed E-state index contributed by atoms with van der Waals surface area (Å²) in [4.78, 5) is 96.3. The van der Waals surface area contributed by atoms with Crippen LogP contribution in [0.1, 0.15) is 108 Å². The summed E-state index contributed by atoms with van der Waals surface area (Å²) in [7, 11) is 0. The third kappa shape index (κ3) is 24.0. The maximum Gasteiger partial charge on any atom is 0.326 e. The van der Waals surface area contributed by atoms with Crippen molar-refractivity contribution < 1.29 is 58.0 Å². The van der Waals surface area contributed by atoms with Gasteiger partial charge in [0.15, 0.2) is 23.8 Å². The van der Waals surface area contributed by atoms with Gasteiger partial charge >= 0.3 is 35.9 Å². The molecule has 0 bridgehead atoms. The zero-order valence-electron chi connectivity index (χ0n) is 43.3. The second-order valence-electron chi connectivity index (χ2n) is 18.6. The number of Topliss-reactive ketones (excluding diaryl/α,β-unsaturated/α-hetero) is 2. The molecule has 0 saturated carbocycles. The first-order valence-corrected chi connectivity index (χ1v) is 23.3. The maximum atomic E-state index is 13.2. The normalized spacial score (nSPS) is 18.9. The third-order valence-electron chi connectivity index (χ3n) is 11.3. The summed E-state index contributed by atoms with van der Waals surface area (Å²) in [6.07, 6.45) is 26.4. The van der Waals surface area contributed by atoms with Gasteiger partial charge < -0.3 is 41.0 Å². The number of hydrogen-bond donors (Lipinski definition) is 6. The molecule has 0 aromatic carbocycles. The van der Waals surface area contributed by atoms with E-state index in [-0.39, 0.29) is 92.7 Å². The van der Waals surface area contributed by atoms with Crippen LogP contribution in [0.25, 0.3) is 0 Å². The summed E-state index contributed by atoms with van der Waals surface area (Å²) in [5, 5.41) is 27.0. The van der Waals surface area contributed by atoms with Crippen molar-refractivity contribution in [2.75, 3.05) is 26.2 Å². The van der Waals surface area contributed by atoms with Crippen LogP contribution < -0.4 is 21.3 Å². The van der Waals surface area contributed by atoms with Gasteiger partial charge in [-0.3, -0.25) is 28.8 Å². The number of nitrogens with one attached hydrogen (secondary N) is 4. The van der Waals surface area contributed by atoms with E-state index in [0.717, 1.165) is 33.4 Å². The van der Waals surface area contributed by atoms with Gasteiger partial charge in [0.1, 0.15) is 13.1 Å². The molecule has 1 radical (unpaired) electrons. The molecular weight excluding hydrogens is 920 g/mol. The van der Waals surface area contributed by atoms with Gasteiger partial charge in [0.2, 0.25) is 0 Å². The third-order valence-corrected chi connectivity index (χ3v) is 11.3. The predicted molar refractivity (Wildman–Crippen MR) is 275 cm³/mol. The van der Waals surface area contributed by atoms with Gasteiger partial charge in [-0.2, -0.15) is 0 Å². The molecule has 2 aliphatic carbocycles. The quantitative estimate of drug-likeness (QED) is 0.0234. The van der Waals surface area contributed by atoms with Crippen molar-refractivity contribution in [1.82, 2.24) is 21.3 Å². The molecule has 2 unspecified atom stereocenters. The Morgan fingerprint density at radius 1 is 0.549 bits per heavy atom. The Kier molecular flexibility index (Phi) is 27.7. The number of urea groups is 2. The van der Waals surface area contributed by atoms with Crippen molar-refractivity contribution in [2.24, 2.45) is 10.8 Å². The molecule has 0 aromatic heterocycles. The molecule has 0 saturated heterocycles. The average Bonchev–Trinajstić information content (AvgIpc) is 3.27. The number of carboxylic acid groups (broad SMARTS) is 2. The van der Waals surface area contributed by atoms with E-state index < -0.39 is 72.1 Å². The van der Waals surface area contributed by atoms with Crippen molar-refractivity contribution >= 4 is 77.1 Å². The smallest absolute Gasteiger partial charge is 0.326 e. The number of carbonyl (C=O) groups is 8. The Balaban J connectivity index is 0.0000252. The number of hydrogen-bond acceptors (Lipinski definition) is 10. The number of esters is 2. The molecule has 71 heavy (non-hydrogen) atoms. The van der Waals surface area contributed by atoms with Crippen LogP contribution in [0.15, 0.2) is 130 Å². The number of amides is 4. The number of rotatable bonds is 24. The number of carbonyl (C=O) groups excluding carboxylic acids is 6. The van der Waals surface area contributed by atoms with Gasteiger partial charge in [-0.05, 0) is 87.5 Å². The van der Waals surface area contributed by atoms with Crippen LogP contribution in [-0.2, 0) is 38.2 Å². The van der Waals surface area contributed by atoms with Gasteiger partial charge in [0.25, 0.3) is 0 Å². The Hall–Kier alpha value is -6.10. The summed E-state index contributed by atoms with van der Waals surface area (Å²) in [6, 6.07) is -1.27. The maximum absolute atomic E-state index is 13.2. The Labute approximate surface area is 440 Å². The van der Waals surface area contributed by atoms with Crippen molar-refractivity contribution in [3.05, 3.63) is 130 Å². The Morgan fingerprint density at radius 2 is 0.873 bits per heavy atom. The Morgan fingerprint density at radius 3 is 1.21 bits per heavy atom. The largest absolute Gasteiger partial charge is 0.481 e. The van der Waals surface area contributed by atoms with E-state index in [4.69, 9.17) is 19.7 Å². The number of ketones is 2. The van der Waals surface area contributed by atoms with Crippen LogP contribution in [-0.4, -0.2) is 126 Å². The fourth-order valence-corrected chi connectivity index (χ4v) is 7.47. The van der Waals surface area contributed by atoms with Crippen LogP contribution in [0.4, 0.5) is 9.59 Å². The summed E-state index contributed by atoms with van der Waals surface area (Å²) in [6.45, 7) is 18.7. The molecule has 0 aromatic rings. The van der Waals surface area contributed by atoms with E-state index >= 15 is 0 Å². The predicted octanol–water partition coefficient (Wildman–Crippen LogP) is 7.95. The summed E-state index contributed by atoms with van der Waals surface area (Å²) in [5.74, 6) is -4.02. The van der Waals surface area contributed by atoms with Crippen LogP contribution in [0.3, 0.4) is 0 Å². The molecule has 2 atom stereocenters. The van der Waals surface area contributed by atoms with E-state index in [0.29, 0.717) is 11.1 Å². The molecule has 6 N–H and O–H groups in total. The van der Waals surface area contributed by atoms with E-state index in [9.17, 15) is 38.4 Å². The Bertz CT molecular complexity index is 2180. The summed E-state index contributed by atoms with van der Waals surface area (Å²) >= 11 is 0. The van der Waals surface area contributed by atoms with Crippen molar-refractivity contribution in [2.45, 2.75) is 120 Å². The standard InChI is InChI=1S/C54H72N4O12.Na/c1-35(19-13-21-37(3)25-27-41-39(5)49(65)43(31-53(41,7)8)69-47(63)33-57-51(67)55-29-15-23-45(59)60)17-11-12-18-36(2)20-14-22-38(4)26-28-42-40(6)50(66)44(32-54(42,9)10)70-48(64)34-58-52(68)56-30-16-24-46(61)62;/h11-14,17-22,25-28,43-44H,15-16,23-24,29-34H2,1-10H3,(H,59,60)(H,61,62)(H2,55,57,67)(H2,56,58,68);. The molecule has 2 rings (SSSR count). The molecule has 2 aliphatic rings. The van der Waals surface area contributed by atoms with Crippen molar-refractivity contribution in [3.8, 4) is 0 Å². The number of ether oxygens (including phenoxy) is 2. The van der Waals surface area contributed by atoms with Crippen molar-refractivity contribution in [1.29, 1.82) is 0 Å². The van der Waals surface area contributed by atoms with Gasteiger partial charge in [0.05, 0.1) is 0 Å². The molecule has 17 heteroatoms. The van der Waals surface area contributed by atoms with E-state index in [1.807, 2.05) is 140 Å². The van der Waals surface area contributed by atoms with Gasteiger partial charge in [0, 0.05) is 68.3 Å². The minimum absolute atomic E-state index is 0. The minimum Gasteiger partial charge on any atom is -0.481 e. The minimum atomic E-state index is -0.980. The summed E-state index contributed by atoms with van der Waals surface area (Å²) in [5.41, 5.74) is 5.74. The van der Waals surface area contributed by atoms with Gasteiger partial charge in [-0.25, -0.2) is 9.59 Å². The second-order valence-corrected chi connectivity index (χ2v) is 18.6. The topological polar surface area (TPSA) is 244 Å². The van der Waals surface area contributed by atoms with E-state index in [1.54, 1.807) is 13.8 Å². The zero-order valence-corrected chi connectivity index (χ0v) is 45.3. The molecule has 4 amide bonds. The second kappa shape index (κ2) is 31.3. The average molecular weight is 992 g/mol. The fraction of sp³-hybridized carbons (Fsp3) is 0.444. The molecule has 381 valence electrons. The van der Waals surface area contributed by atoms with E-state index in [1.165, 1.54) is 0 Å². The van der Waals surface area contributed by atoms with Crippen LogP contribution >= 0.6 is 0 Å². The summed E-state index contributed by atoms with van der Waals surface area (Å²) < 4.78 is 10.9. The first-order valence-electron chi connectivity index (χ1n) is 23.3. The fourth-order valence-electron chi connectivity index (χ4n) is 7.47. The number of carboxylic acids is 2. The first-order chi connectivity index (χ1) is 32.8. The van der Waals surface area contributed by atoms with Crippen molar-refractivity contribution in [3.63, 3.8) is 0 Å². The number of aliphatic carboxylic acids is 2. The first kappa shape index (κ1) is 62.9. The monoisotopic (exact) mass is 992 g/mol.